The van der Waals surface area contributed by atoms with Gasteiger partial charge in [-0.1, -0.05) is 0 Å². The van der Waals surface area contributed by atoms with Gasteiger partial charge in [0.25, 0.3) is 0 Å². The van der Waals surface area contributed by atoms with Crippen molar-refractivity contribution in [2.24, 2.45) is 5.92 Å². The number of hydrogen-bond acceptors (Lipinski definition) is 4. The second-order valence-corrected chi connectivity index (χ2v) is 3.05. The number of anilines is 1. The summed E-state index contributed by atoms with van der Waals surface area (Å²) in [4.78, 5) is 3.85. The van der Waals surface area contributed by atoms with Gasteiger partial charge in [0.15, 0.2) is 0 Å². The SMILES string of the molecule is Nc1ncn(CC2CCOC2)n1. The molecule has 0 radical (unpaired) electrons. The van der Waals surface area contributed by atoms with E-state index in [1.807, 2.05) is 0 Å². The zero-order valence-electron chi connectivity index (χ0n) is 6.81. The Morgan fingerprint density at radius 1 is 1.75 bits per heavy atom. The highest BCUT2D eigenvalue weighted by Gasteiger charge is 2.16. The summed E-state index contributed by atoms with van der Waals surface area (Å²) in [7, 11) is 0. The number of aromatic nitrogens is 3. The molecule has 1 aromatic heterocycles. The van der Waals surface area contributed by atoms with Crippen LogP contribution in [0.5, 0.6) is 0 Å². The van der Waals surface area contributed by atoms with Crippen LogP contribution in [0.4, 0.5) is 5.95 Å². The minimum atomic E-state index is 0.342. The Bertz CT molecular complexity index is 254. The topological polar surface area (TPSA) is 66.0 Å². The average molecular weight is 168 g/mol. The van der Waals surface area contributed by atoms with Crippen molar-refractivity contribution < 1.29 is 4.74 Å². The van der Waals surface area contributed by atoms with Crippen LogP contribution in [0, 0.1) is 5.92 Å². The summed E-state index contributed by atoms with van der Waals surface area (Å²) in [6.07, 6.45) is 2.77. The van der Waals surface area contributed by atoms with E-state index in [1.165, 1.54) is 0 Å². The van der Waals surface area contributed by atoms with Crippen molar-refractivity contribution >= 4 is 5.95 Å². The maximum Gasteiger partial charge on any atom is 0.239 e. The van der Waals surface area contributed by atoms with Crippen LogP contribution in [0.2, 0.25) is 0 Å². The molecule has 1 aliphatic rings. The molecule has 1 aromatic rings. The first-order chi connectivity index (χ1) is 5.84. The van der Waals surface area contributed by atoms with E-state index >= 15 is 0 Å². The largest absolute Gasteiger partial charge is 0.381 e. The van der Waals surface area contributed by atoms with Gasteiger partial charge in [0.2, 0.25) is 5.95 Å². The summed E-state index contributed by atoms with van der Waals surface area (Å²) in [5.41, 5.74) is 5.38. The molecule has 1 saturated heterocycles. The molecular weight excluding hydrogens is 156 g/mol. The summed E-state index contributed by atoms with van der Waals surface area (Å²) >= 11 is 0. The Kier molecular flexibility index (Phi) is 1.95. The molecule has 1 unspecified atom stereocenters. The van der Waals surface area contributed by atoms with Crippen molar-refractivity contribution in [1.82, 2.24) is 14.8 Å². The zero-order valence-corrected chi connectivity index (χ0v) is 6.81. The number of nitrogens with two attached hydrogens (primary N) is 1. The molecule has 1 fully saturated rings. The number of nitrogens with zero attached hydrogens (tertiary/aromatic N) is 3. The molecule has 1 aliphatic heterocycles. The van der Waals surface area contributed by atoms with E-state index in [-0.39, 0.29) is 0 Å². The molecule has 66 valence electrons. The normalized spacial score (nSPS) is 23.2. The van der Waals surface area contributed by atoms with E-state index in [0.29, 0.717) is 11.9 Å². The molecule has 1 atom stereocenters. The summed E-state index contributed by atoms with van der Waals surface area (Å²) in [6, 6.07) is 0. The van der Waals surface area contributed by atoms with Crippen molar-refractivity contribution in [3.8, 4) is 0 Å². The lowest BCUT2D eigenvalue weighted by atomic mass is 10.1. The highest BCUT2D eigenvalue weighted by Crippen LogP contribution is 2.13. The van der Waals surface area contributed by atoms with E-state index in [2.05, 4.69) is 10.1 Å². The fraction of sp³-hybridized carbons (Fsp3) is 0.714. The van der Waals surface area contributed by atoms with Crippen LogP contribution < -0.4 is 5.73 Å². The van der Waals surface area contributed by atoms with E-state index in [1.54, 1.807) is 11.0 Å². The van der Waals surface area contributed by atoms with Gasteiger partial charge in [-0.2, -0.15) is 0 Å². The summed E-state index contributed by atoms with van der Waals surface area (Å²) in [5.74, 6) is 0.917. The second kappa shape index (κ2) is 3.10. The quantitative estimate of drug-likeness (QED) is 0.669. The highest BCUT2D eigenvalue weighted by atomic mass is 16.5. The van der Waals surface area contributed by atoms with E-state index in [9.17, 15) is 0 Å². The average Bonchev–Trinajstić information content (AvgIpc) is 2.63. The molecule has 12 heavy (non-hydrogen) atoms. The van der Waals surface area contributed by atoms with Gasteiger partial charge in [-0.25, -0.2) is 4.98 Å². The zero-order chi connectivity index (χ0) is 8.39. The Morgan fingerprint density at radius 2 is 2.67 bits per heavy atom. The maximum atomic E-state index is 5.38. The van der Waals surface area contributed by atoms with E-state index in [0.717, 1.165) is 26.2 Å². The van der Waals surface area contributed by atoms with Crippen LogP contribution in [0.1, 0.15) is 6.42 Å². The first-order valence-electron chi connectivity index (χ1n) is 4.07. The van der Waals surface area contributed by atoms with Crippen LogP contribution in [-0.2, 0) is 11.3 Å². The maximum absolute atomic E-state index is 5.38. The third-order valence-electron chi connectivity index (χ3n) is 2.02. The Labute approximate surface area is 70.5 Å². The second-order valence-electron chi connectivity index (χ2n) is 3.05. The molecule has 5 nitrogen and oxygen atoms in total. The molecule has 0 aliphatic carbocycles. The number of rotatable bonds is 2. The van der Waals surface area contributed by atoms with Crippen molar-refractivity contribution in [2.75, 3.05) is 18.9 Å². The number of nitrogen functional groups attached to an aromatic ring is 1. The number of hydrogen-bond donors (Lipinski definition) is 1. The lowest BCUT2D eigenvalue weighted by Crippen LogP contribution is -2.11. The fourth-order valence-electron chi connectivity index (χ4n) is 1.39. The monoisotopic (exact) mass is 168 g/mol. The van der Waals surface area contributed by atoms with Crippen LogP contribution in [0.15, 0.2) is 6.33 Å². The molecule has 2 heterocycles. The predicted molar refractivity (Wildman–Crippen MR) is 43.4 cm³/mol. The Balaban J connectivity index is 1.94. The molecule has 5 heteroatoms. The predicted octanol–water partition coefficient (Wildman–Crippen LogP) is -0.103. The molecule has 2 rings (SSSR count). The van der Waals surface area contributed by atoms with Gasteiger partial charge in [0.1, 0.15) is 6.33 Å². The third-order valence-corrected chi connectivity index (χ3v) is 2.02. The van der Waals surface area contributed by atoms with E-state index in [4.69, 9.17) is 10.5 Å². The standard InChI is InChI=1S/C7H12N4O/c8-7-9-5-11(10-7)3-6-1-2-12-4-6/h5-6H,1-4H2,(H2,8,10). The molecule has 0 saturated carbocycles. The molecule has 2 N–H and O–H groups in total. The van der Waals surface area contributed by atoms with Gasteiger partial charge in [-0.3, -0.25) is 4.68 Å². The van der Waals surface area contributed by atoms with Gasteiger partial charge in [0, 0.05) is 19.1 Å². The highest BCUT2D eigenvalue weighted by molar-refractivity contribution is 5.09. The molecule has 0 spiro atoms. The minimum absolute atomic E-state index is 0.342. The molecule has 0 aromatic carbocycles. The van der Waals surface area contributed by atoms with E-state index < -0.39 is 0 Å². The first-order valence-corrected chi connectivity index (χ1v) is 4.07. The fourth-order valence-corrected chi connectivity index (χ4v) is 1.39. The van der Waals surface area contributed by atoms with Crippen LogP contribution in [-0.4, -0.2) is 28.0 Å². The van der Waals surface area contributed by atoms with Gasteiger partial charge < -0.3 is 10.5 Å². The van der Waals surface area contributed by atoms with Gasteiger partial charge >= 0.3 is 0 Å². The number of ether oxygens (including phenoxy) is 1. The summed E-state index contributed by atoms with van der Waals surface area (Å²) in [5, 5.41) is 4.00. The van der Waals surface area contributed by atoms with Gasteiger partial charge in [-0.15, -0.1) is 5.10 Å². The van der Waals surface area contributed by atoms with Crippen molar-refractivity contribution in [1.29, 1.82) is 0 Å². The minimum Gasteiger partial charge on any atom is -0.381 e. The van der Waals surface area contributed by atoms with Gasteiger partial charge in [-0.05, 0) is 6.42 Å². The summed E-state index contributed by atoms with van der Waals surface area (Å²) in [6.45, 7) is 2.57. The lowest BCUT2D eigenvalue weighted by Gasteiger charge is -2.05. The molecule has 0 bridgehead atoms. The van der Waals surface area contributed by atoms with Crippen LogP contribution >= 0.6 is 0 Å². The van der Waals surface area contributed by atoms with Crippen LogP contribution in [0.3, 0.4) is 0 Å². The first kappa shape index (κ1) is 7.54. The van der Waals surface area contributed by atoms with Crippen LogP contribution in [0.25, 0.3) is 0 Å². The molecule has 0 amide bonds. The Hall–Kier alpha value is -1.10. The van der Waals surface area contributed by atoms with Crippen molar-refractivity contribution in [3.05, 3.63) is 6.33 Å². The molecular formula is C7H12N4O. The summed E-state index contributed by atoms with van der Waals surface area (Å²) < 4.78 is 7.02. The Morgan fingerprint density at radius 3 is 3.25 bits per heavy atom. The van der Waals surface area contributed by atoms with Crippen molar-refractivity contribution in [2.45, 2.75) is 13.0 Å². The lowest BCUT2D eigenvalue weighted by molar-refractivity contribution is 0.181. The third kappa shape index (κ3) is 1.55. The smallest absolute Gasteiger partial charge is 0.239 e. The van der Waals surface area contributed by atoms with Crippen molar-refractivity contribution in [3.63, 3.8) is 0 Å². The van der Waals surface area contributed by atoms with Gasteiger partial charge in [0.05, 0.1) is 6.61 Å².